The molecule has 0 aromatic heterocycles. The molecule has 0 saturated carbocycles. The summed E-state index contributed by atoms with van der Waals surface area (Å²) in [5.74, 6) is 0.768. The summed E-state index contributed by atoms with van der Waals surface area (Å²) in [7, 11) is 1.96. The fourth-order valence-electron chi connectivity index (χ4n) is 2.40. The summed E-state index contributed by atoms with van der Waals surface area (Å²) in [6.45, 7) is 5.82. The molecular weight excluding hydrogens is 365 g/mol. The van der Waals surface area contributed by atoms with Crippen molar-refractivity contribution in [2.75, 3.05) is 11.9 Å². The number of benzene rings is 2. The topological polar surface area (TPSA) is 12.5 Å². The predicted octanol–water partition coefficient (Wildman–Crippen LogP) is 7.15. The molecule has 0 N–H and O–H groups in total. The SMILES string of the molecule is C/C(Cl)=C/c1cc(Cl)ccc1N(C)c1cc(Cl)ccc1OC(C)C. The Bertz CT molecular complexity index is 752. The largest absolute Gasteiger partial charge is 0.489 e. The van der Waals surface area contributed by atoms with Gasteiger partial charge in [0.2, 0.25) is 0 Å². The molecule has 0 saturated heterocycles. The molecule has 2 rings (SSSR count). The first kappa shape index (κ1) is 19.0. The molecule has 128 valence electrons. The Morgan fingerprint density at radius 3 is 2.29 bits per heavy atom. The number of hydrogen-bond donors (Lipinski definition) is 0. The molecule has 24 heavy (non-hydrogen) atoms. The summed E-state index contributed by atoms with van der Waals surface area (Å²) in [5.41, 5.74) is 2.75. The van der Waals surface area contributed by atoms with Crippen molar-refractivity contribution >= 4 is 52.3 Å². The summed E-state index contributed by atoms with van der Waals surface area (Å²) < 4.78 is 5.92. The van der Waals surface area contributed by atoms with Crippen LogP contribution in [0.25, 0.3) is 6.08 Å². The zero-order chi connectivity index (χ0) is 17.9. The molecule has 0 radical (unpaired) electrons. The summed E-state index contributed by atoms with van der Waals surface area (Å²) in [5, 5.41) is 1.98. The minimum atomic E-state index is 0.0630. The highest BCUT2D eigenvalue weighted by Crippen LogP contribution is 2.38. The minimum absolute atomic E-state index is 0.0630. The molecule has 0 amide bonds. The fraction of sp³-hybridized carbons (Fsp3) is 0.263. The van der Waals surface area contributed by atoms with E-state index in [4.69, 9.17) is 39.5 Å². The molecule has 0 unspecified atom stereocenters. The maximum absolute atomic E-state index is 6.20. The first-order chi connectivity index (χ1) is 11.3. The van der Waals surface area contributed by atoms with Crippen molar-refractivity contribution in [1.29, 1.82) is 0 Å². The van der Waals surface area contributed by atoms with Crippen LogP contribution in [0.1, 0.15) is 26.3 Å². The van der Waals surface area contributed by atoms with Gasteiger partial charge in [0.15, 0.2) is 0 Å². The van der Waals surface area contributed by atoms with Gasteiger partial charge in [-0.05, 0) is 63.2 Å². The Kier molecular flexibility index (Phi) is 6.45. The molecule has 0 bridgehead atoms. The second kappa shape index (κ2) is 8.15. The van der Waals surface area contributed by atoms with Crippen LogP contribution in [0.4, 0.5) is 11.4 Å². The van der Waals surface area contributed by atoms with Gasteiger partial charge >= 0.3 is 0 Å². The third-order valence-electron chi connectivity index (χ3n) is 3.35. The molecule has 5 heteroatoms. The van der Waals surface area contributed by atoms with Gasteiger partial charge in [-0.1, -0.05) is 34.8 Å². The standard InChI is InChI=1S/C19H20Cl3NO/c1-12(2)24-19-8-6-16(22)11-18(19)23(4)17-7-5-15(21)10-14(17)9-13(3)20/h5-12H,1-4H3/b13-9-. The fourth-order valence-corrected chi connectivity index (χ4v) is 2.86. The third kappa shape index (κ3) is 4.83. The van der Waals surface area contributed by atoms with Crippen molar-refractivity contribution < 1.29 is 4.74 Å². The lowest BCUT2D eigenvalue weighted by molar-refractivity contribution is 0.243. The van der Waals surface area contributed by atoms with Crippen molar-refractivity contribution in [3.63, 3.8) is 0 Å². The summed E-state index contributed by atoms with van der Waals surface area (Å²) >= 11 is 18.4. The van der Waals surface area contributed by atoms with E-state index in [-0.39, 0.29) is 6.10 Å². The van der Waals surface area contributed by atoms with E-state index >= 15 is 0 Å². The molecular formula is C19H20Cl3NO. The Balaban J connectivity index is 2.55. The highest BCUT2D eigenvalue weighted by Gasteiger charge is 2.15. The lowest BCUT2D eigenvalue weighted by Crippen LogP contribution is -2.14. The Labute approximate surface area is 158 Å². The Morgan fingerprint density at radius 1 is 1.04 bits per heavy atom. The lowest BCUT2D eigenvalue weighted by atomic mass is 10.1. The van der Waals surface area contributed by atoms with E-state index in [2.05, 4.69) is 0 Å². The number of allylic oxidation sites excluding steroid dienone is 1. The predicted molar refractivity (Wildman–Crippen MR) is 106 cm³/mol. The minimum Gasteiger partial charge on any atom is -0.489 e. The van der Waals surface area contributed by atoms with Crippen molar-refractivity contribution in [3.05, 3.63) is 57.0 Å². The van der Waals surface area contributed by atoms with E-state index in [1.807, 2.05) is 75.2 Å². The lowest BCUT2D eigenvalue weighted by Gasteiger charge is -2.25. The summed E-state index contributed by atoms with van der Waals surface area (Å²) in [6.07, 6.45) is 1.94. The molecule has 2 nitrogen and oxygen atoms in total. The van der Waals surface area contributed by atoms with Gasteiger partial charge in [-0.2, -0.15) is 0 Å². The summed E-state index contributed by atoms with van der Waals surface area (Å²) in [6, 6.07) is 11.3. The van der Waals surface area contributed by atoms with Gasteiger partial charge in [-0.3, -0.25) is 0 Å². The van der Waals surface area contributed by atoms with Gasteiger partial charge in [0.25, 0.3) is 0 Å². The molecule has 0 fully saturated rings. The molecule has 2 aromatic carbocycles. The molecule has 0 aliphatic carbocycles. The molecule has 0 aliphatic rings. The molecule has 2 aromatic rings. The van der Waals surface area contributed by atoms with Crippen molar-refractivity contribution in [3.8, 4) is 5.75 Å². The van der Waals surface area contributed by atoms with Gasteiger partial charge in [0.1, 0.15) is 5.75 Å². The van der Waals surface area contributed by atoms with Crippen LogP contribution in [0.15, 0.2) is 41.4 Å². The van der Waals surface area contributed by atoms with Gasteiger partial charge in [-0.15, -0.1) is 0 Å². The molecule has 0 spiro atoms. The monoisotopic (exact) mass is 383 g/mol. The van der Waals surface area contributed by atoms with Crippen LogP contribution in [-0.2, 0) is 0 Å². The quantitative estimate of drug-likeness (QED) is 0.542. The van der Waals surface area contributed by atoms with Gasteiger partial charge in [-0.25, -0.2) is 0 Å². The van der Waals surface area contributed by atoms with Gasteiger partial charge in [0, 0.05) is 33.4 Å². The molecule has 0 aliphatic heterocycles. The van der Waals surface area contributed by atoms with Crippen LogP contribution < -0.4 is 9.64 Å². The number of anilines is 2. The van der Waals surface area contributed by atoms with Crippen LogP contribution in [0.3, 0.4) is 0 Å². The molecule has 0 atom stereocenters. The first-order valence-electron chi connectivity index (χ1n) is 7.61. The van der Waals surface area contributed by atoms with E-state index in [0.29, 0.717) is 15.1 Å². The number of hydrogen-bond acceptors (Lipinski definition) is 2. The normalized spacial score (nSPS) is 11.8. The molecule has 0 heterocycles. The average molecular weight is 385 g/mol. The van der Waals surface area contributed by atoms with Crippen LogP contribution in [0.2, 0.25) is 10.0 Å². The van der Waals surface area contributed by atoms with Crippen molar-refractivity contribution in [2.45, 2.75) is 26.9 Å². The maximum Gasteiger partial charge on any atom is 0.143 e. The van der Waals surface area contributed by atoms with E-state index in [1.165, 1.54) is 0 Å². The second-order valence-electron chi connectivity index (χ2n) is 5.77. The Hall–Kier alpha value is -1.35. The van der Waals surface area contributed by atoms with E-state index in [0.717, 1.165) is 22.7 Å². The second-order valence-corrected chi connectivity index (χ2v) is 7.24. The summed E-state index contributed by atoms with van der Waals surface area (Å²) in [4.78, 5) is 2.02. The zero-order valence-electron chi connectivity index (χ0n) is 14.1. The zero-order valence-corrected chi connectivity index (χ0v) is 16.4. The van der Waals surface area contributed by atoms with Gasteiger partial charge in [0.05, 0.1) is 11.8 Å². The number of ether oxygens (including phenoxy) is 1. The van der Waals surface area contributed by atoms with E-state index < -0.39 is 0 Å². The van der Waals surface area contributed by atoms with Gasteiger partial charge < -0.3 is 9.64 Å². The maximum atomic E-state index is 6.20. The number of nitrogens with zero attached hydrogens (tertiary/aromatic N) is 1. The van der Waals surface area contributed by atoms with Crippen LogP contribution in [0.5, 0.6) is 5.75 Å². The highest BCUT2D eigenvalue weighted by atomic mass is 35.5. The van der Waals surface area contributed by atoms with E-state index in [9.17, 15) is 0 Å². The number of rotatable bonds is 5. The number of halogens is 3. The van der Waals surface area contributed by atoms with E-state index in [1.54, 1.807) is 0 Å². The first-order valence-corrected chi connectivity index (χ1v) is 8.74. The van der Waals surface area contributed by atoms with Crippen LogP contribution in [0, 0.1) is 0 Å². The van der Waals surface area contributed by atoms with Crippen LogP contribution >= 0.6 is 34.8 Å². The average Bonchev–Trinajstić information content (AvgIpc) is 2.47. The smallest absolute Gasteiger partial charge is 0.143 e. The Morgan fingerprint density at radius 2 is 1.67 bits per heavy atom. The highest BCUT2D eigenvalue weighted by molar-refractivity contribution is 6.32. The third-order valence-corrected chi connectivity index (χ3v) is 3.93. The van der Waals surface area contributed by atoms with Crippen LogP contribution in [-0.4, -0.2) is 13.2 Å². The van der Waals surface area contributed by atoms with Crippen molar-refractivity contribution in [2.24, 2.45) is 0 Å². The van der Waals surface area contributed by atoms with Crippen molar-refractivity contribution in [1.82, 2.24) is 0 Å².